The minimum Gasteiger partial charge on any atom is -0.494 e. The number of ether oxygens (including phenoxy) is 1. The summed E-state index contributed by atoms with van der Waals surface area (Å²) in [6, 6.07) is 38.8. The van der Waals surface area contributed by atoms with E-state index in [4.69, 9.17) is 4.74 Å². The number of aromatic nitrogens is 1. The number of anilines is 2. The molecule has 1 heterocycles. The van der Waals surface area contributed by atoms with Crippen molar-refractivity contribution in [3.63, 3.8) is 0 Å². The lowest BCUT2D eigenvalue weighted by Crippen LogP contribution is -2.30. The molecule has 250 valence electrons. The van der Waals surface area contributed by atoms with Gasteiger partial charge in [-0.05, 0) is 79.6 Å². The highest BCUT2D eigenvalue weighted by molar-refractivity contribution is 8.00. The molecule has 0 saturated carbocycles. The van der Waals surface area contributed by atoms with Crippen LogP contribution >= 0.6 is 23.1 Å². The molecule has 1 unspecified atom stereocenters. The fourth-order valence-electron chi connectivity index (χ4n) is 5.04. The van der Waals surface area contributed by atoms with Crippen molar-refractivity contribution in [1.29, 1.82) is 0 Å². The molecule has 3 N–H and O–H groups in total. The van der Waals surface area contributed by atoms with E-state index in [1.165, 1.54) is 23.1 Å². The topological polar surface area (TPSA) is 109 Å². The van der Waals surface area contributed by atoms with Crippen LogP contribution in [0.4, 0.5) is 10.8 Å². The van der Waals surface area contributed by atoms with Gasteiger partial charge in [0.15, 0.2) is 5.13 Å². The molecule has 0 saturated heterocycles. The summed E-state index contributed by atoms with van der Waals surface area (Å²) in [7, 11) is 0. The Balaban J connectivity index is 1.22. The summed E-state index contributed by atoms with van der Waals surface area (Å²) >= 11 is 2.74. The second-order valence-electron chi connectivity index (χ2n) is 11.3. The molecule has 1 atom stereocenters. The molecular formula is C40H34N4O4S2. The van der Waals surface area contributed by atoms with E-state index < -0.39 is 17.1 Å². The Bertz CT molecular complexity index is 2150. The molecule has 1 aromatic heterocycles. The Morgan fingerprint density at radius 3 is 2.32 bits per heavy atom. The highest BCUT2D eigenvalue weighted by Crippen LogP contribution is 2.38. The summed E-state index contributed by atoms with van der Waals surface area (Å²) in [5, 5.41) is 8.60. The number of amides is 3. The first-order chi connectivity index (χ1) is 24.3. The van der Waals surface area contributed by atoms with Crippen molar-refractivity contribution >= 4 is 67.9 Å². The summed E-state index contributed by atoms with van der Waals surface area (Å²) in [6.45, 7) is 4.47. The Morgan fingerprint density at radius 2 is 1.58 bits per heavy atom. The van der Waals surface area contributed by atoms with E-state index >= 15 is 0 Å². The number of rotatable bonds is 12. The van der Waals surface area contributed by atoms with E-state index in [-0.39, 0.29) is 11.6 Å². The minimum atomic E-state index is -0.615. The van der Waals surface area contributed by atoms with Gasteiger partial charge in [-0.1, -0.05) is 95.8 Å². The van der Waals surface area contributed by atoms with Crippen LogP contribution in [0.5, 0.6) is 5.75 Å². The highest BCUT2D eigenvalue weighted by Gasteiger charge is 2.24. The predicted molar refractivity (Wildman–Crippen MR) is 203 cm³/mol. The van der Waals surface area contributed by atoms with Gasteiger partial charge in [-0.25, -0.2) is 4.98 Å². The van der Waals surface area contributed by atoms with Crippen LogP contribution in [-0.4, -0.2) is 29.3 Å². The molecule has 0 aliphatic carbocycles. The predicted octanol–water partition coefficient (Wildman–Crippen LogP) is 8.89. The first-order valence-electron chi connectivity index (χ1n) is 16.0. The molecule has 0 spiro atoms. The van der Waals surface area contributed by atoms with Crippen molar-refractivity contribution in [1.82, 2.24) is 10.3 Å². The largest absolute Gasteiger partial charge is 0.494 e. The summed E-state index contributed by atoms with van der Waals surface area (Å²) in [5.74, 6) is -0.366. The third-order valence-corrected chi connectivity index (χ3v) is 9.69. The summed E-state index contributed by atoms with van der Waals surface area (Å²) < 4.78 is 6.53. The van der Waals surface area contributed by atoms with Crippen molar-refractivity contribution in [2.75, 3.05) is 17.2 Å². The molecule has 5 aromatic carbocycles. The van der Waals surface area contributed by atoms with E-state index in [1.54, 1.807) is 42.5 Å². The molecule has 0 bridgehead atoms. The number of benzene rings is 5. The van der Waals surface area contributed by atoms with Crippen LogP contribution in [0.3, 0.4) is 0 Å². The van der Waals surface area contributed by atoms with Gasteiger partial charge in [-0.15, -0.1) is 11.8 Å². The number of hydrogen-bond acceptors (Lipinski definition) is 7. The van der Waals surface area contributed by atoms with Gasteiger partial charge >= 0.3 is 0 Å². The number of carbonyl (C=O) groups excluding carboxylic acids is 3. The van der Waals surface area contributed by atoms with Crippen LogP contribution < -0.4 is 20.7 Å². The normalized spacial score (nSPS) is 11.8. The highest BCUT2D eigenvalue weighted by atomic mass is 32.2. The Kier molecular flexibility index (Phi) is 11.0. The van der Waals surface area contributed by atoms with Gasteiger partial charge < -0.3 is 20.7 Å². The van der Waals surface area contributed by atoms with Crippen molar-refractivity contribution in [3.05, 3.63) is 155 Å². The van der Waals surface area contributed by atoms with Crippen molar-refractivity contribution in [2.24, 2.45) is 0 Å². The van der Waals surface area contributed by atoms with Gasteiger partial charge in [-0.3, -0.25) is 14.4 Å². The fourth-order valence-corrected chi connectivity index (χ4v) is 7.02. The van der Waals surface area contributed by atoms with E-state index in [9.17, 15) is 14.4 Å². The maximum atomic E-state index is 13.8. The minimum absolute atomic E-state index is 0.0894. The van der Waals surface area contributed by atoms with Gasteiger partial charge in [0.2, 0.25) is 5.91 Å². The molecule has 8 nitrogen and oxygen atoms in total. The van der Waals surface area contributed by atoms with Gasteiger partial charge in [0, 0.05) is 16.1 Å². The van der Waals surface area contributed by atoms with Crippen LogP contribution in [0.1, 0.15) is 39.2 Å². The molecule has 0 aliphatic rings. The number of fused-ring (bicyclic) bond motifs is 1. The van der Waals surface area contributed by atoms with E-state index in [2.05, 4.69) is 20.9 Å². The average Bonchev–Trinajstić information content (AvgIpc) is 3.53. The molecule has 50 heavy (non-hydrogen) atoms. The fraction of sp³-hybridized carbons (Fsp3) is 0.100. The lowest BCUT2D eigenvalue weighted by atomic mass is 10.1. The van der Waals surface area contributed by atoms with Crippen molar-refractivity contribution in [2.45, 2.75) is 24.0 Å². The lowest BCUT2D eigenvalue weighted by Gasteiger charge is -2.17. The SMILES string of the molecule is CCOc1ccc2nc(NC(=O)C(Sc3cccc(NC(=O)/C(=C/c4ccc(C)cc4)NC(=O)c4ccccc4)c3)c3ccccc3)sc2c1. The number of aryl methyl sites for hydroxylation is 1. The lowest BCUT2D eigenvalue weighted by molar-refractivity contribution is -0.116. The molecule has 6 aromatic rings. The third kappa shape index (κ3) is 8.84. The second kappa shape index (κ2) is 16.1. The first kappa shape index (κ1) is 34.2. The monoisotopic (exact) mass is 698 g/mol. The number of thioether (sulfide) groups is 1. The molecule has 10 heteroatoms. The smallest absolute Gasteiger partial charge is 0.272 e. The van der Waals surface area contributed by atoms with Gasteiger partial charge in [0.25, 0.3) is 11.8 Å². The molecule has 0 radical (unpaired) electrons. The Labute approximate surface area is 298 Å². The summed E-state index contributed by atoms with van der Waals surface area (Å²) in [4.78, 5) is 45.9. The number of thiazole rings is 1. The second-order valence-corrected chi connectivity index (χ2v) is 13.5. The zero-order chi connectivity index (χ0) is 34.9. The van der Waals surface area contributed by atoms with Crippen LogP contribution in [-0.2, 0) is 9.59 Å². The molecule has 0 fully saturated rings. The molecule has 6 rings (SSSR count). The number of nitrogens with zero attached hydrogens (tertiary/aromatic N) is 1. The molecule has 0 aliphatic heterocycles. The maximum Gasteiger partial charge on any atom is 0.272 e. The standard InChI is InChI=1S/C40H34N4O4S2/c1-3-48-31-21-22-33-35(25-31)50-40(43-33)44-39(47)36(28-11-6-4-7-12-28)49-32-16-10-15-30(24-32)41-38(46)34(23-27-19-17-26(2)18-20-27)42-37(45)29-13-8-5-9-14-29/h4-25,36H,3H2,1-2H3,(H,41,46)(H,42,45)(H,43,44,47)/b34-23-. The maximum absolute atomic E-state index is 13.8. The number of hydrogen-bond donors (Lipinski definition) is 3. The first-order valence-corrected chi connectivity index (χ1v) is 17.7. The number of carbonyl (C=O) groups is 3. The van der Waals surface area contributed by atoms with Crippen LogP contribution in [0.15, 0.2) is 138 Å². The summed E-state index contributed by atoms with van der Waals surface area (Å²) in [5.41, 5.74) is 4.46. The molecular weight excluding hydrogens is 665 g/mol. The van der Waals surface area contributed by atoms with Gasteiger partial charge in [-0.2, -0.15) is 0 Å². The molecule has 3 amide bonds. The third-order valence-electron chi connectivity index (χ3n) is 7.50. The zero-order valence-corrected chi connectivity index (χ0v) is 29.0. The van der Waals surface area contributed by atoms with Gasteiger partial charge in [0.05, 0.1) is 16.8 Å². The average molecular weight is 699 g/mol. The Morgan fingerprint density at radius 1 is 0.840 bits per heavy atom. The van der Waals surface area contributed by atoms with E-state index in [1.807, 2.05) is 105 Å². The zero-order valence-electron chi connectivity index (χ0n) is 27.4. The van der Waals surface area contributed by atoms with E-state index in [0.29, 0.717) is 23.0 Å². The summed E-state index contributed by atoms with van der Waals surface area (Å²) in [6.07, 6.45) is 1.64. The quantitative estimate of drug-likeness (QED) is 0.0870. The van der Waals surface area contributed by atoms with Crippen LogP contribution in [0, 0.1) is 6.92 Å². The van der Waals surface area contributed by atoms with Crippen LogP contribution in [0.2, 0.25) is 0 Å². The Hall–Kier alpha value is -5.71. The van der Waals surface area contributed by atoms with Gasteiger partial charge in [0.1, 0.15) is 16.7 Å². The number of nitrogens with one attached hydrogen (secondary N) is 3. The van der Waals surface area contributed by atoms with Crippen molar-refractivity contribution in [3.8, 4) is 5.75 Å². The van der Waals surface area contributed by atoms with Crippen molar-refractivity contribution < 1.29 is 19.1 Å². The van der Waals surface area contributed by atoms with E-state index in [0.717, 1.165) is 37.6 Å². The van der Waals surface area contributed by atoms with Crippen LogP contribution in [0.25, 0.3) is 16.3 Å².